The second kappa shape index (κ2) is 7.33. The maximum absolute atomic E-state index is 2.40. The van der Waals surface area contributed by atoms with E-state index in [1.165, 1.54) is 54.9 Å². The standard InChI is InChI=1S/C19H26/c1-3-4-5-6-10-16(2)15-18-13-9-12-17-11-7-8-14-19(17)18/h7-9,11-14,16H,3-6,10,15H2,1-2H3. The first-order chi connectivity index (χ1) is 9.31. The van der Waals surface area contributed by atoms with Gasteiger partial charge in [0.15, 0.2) is 0 Å². The van der Waals surface area contributed by atoms with Crippen molar-refractivity contribution in [2.45, 2.75) is 52.4 Å². The summed E-state index contributed by atoms with van der Waals surface area (Å²) in [6.45, 7) is 4.67. The summed E-state index contributed by atoms with van der Waals surface area (Å²) in [5, 5.41) is 2.81. The Morgan fingerprint density at radius 2 is 1.68 bits per heavy atom. The minimum atomic E-state index is 0.794. The summed E-state index contributed by atoms with van der Waals surface area (Å²) in [5.74, 6) is 0.794. The van der Waals surface area contributed by atoms with Crippen LogP contribution in [0.4, 0.5) is 0 Å². The molecule has 0 heteroatoms. The van der Waals surface area contributed by atoms with Crippen molar-refractivity contribution in [2.75, 3.05) is 0 Å². The van der Waals surface area contributed by atoms with Crippen molar-refractivity contribution in [1.29, 1.82) is 0 Å². The van der Waals surface area contributed by atoms with Crippen molar-refractivity contribution < 1.29 is 0 Å². The van der Waals surface area contributed by atoms with E-state index in [1.54, 1.807) is 0 Å². The van der Waals surface area contributed by atoms with Crippen molar-refractivity contribution in [2.24, 2.45) is 5.92 Å². The van der Waals surface area contributed by atoms with Gasteiger partial charge < -0.3 is 0 Å². The molecule has 0 nitrogen and oxygen atoms in total. The normalized spacial score (nSPS) is 12.7. The molecule has 102 valence electrons. The maximum Gasteiger partial charge on any atom is -0.0152 e. The highest BCUT2D eigenvalue weighted by atomic mass is 14.1. The summed E-state index contributed by atoms with van der Waals surface area (Å²) in [5.41, 5.74) is 1.51. The number of hydrogen-bond donors (Lipinski definition) is 0. The lowest BCUT2D eigenvalue weighted by Gasteiger charge is -2.13. The fraction of sp³-hybridized carbons (Fsp3) is 0.474. The Balaban J connectivity index is 1.97. The van der Waals surface area contributed by atoms with Crippen LogP contribution in [0, 0.1) is 5.92 Å². The molecule has 0 N–H and O–H groups in total. The molecule has 0 spiro atoms. The molecule has 0 amide bonds. The average Bonchev–Trinajstić information content (AvgIpc) is 2.44. The van der Waals surface area contributed by atoms with Gasteiger partial charge in [0.05, 0.1) is 0 Å². The first-order valence-corrected chi connectivity index (χ1v) is 7.78. The second-order valence-corrected chi connectivity index (χ2v) is 5.80. The van der Waals surface area contributed by atoms with Crippen molar-refractivity contribution in [3.63, 3.8) is 0 Å². The third-order valence-corrected chi connectivity index (χ3v) is 4.00. The molecule has 0 heterocycles. The fourth-order valence-electron chi connectivity index (χ4n) is 2.87. The van der Waals surface area contributed by atoms with Gasteiger partial charge in [-0.25, -0.2) is 0 Å². The SMILES string of the molecule is CCCCCCC(C)Cc1cccc2ccccc12. The van der Waals surface area contributed by atoms with Gasteiger partial charge in [-0.05, 0) is 28.7 Å². The van der Waals surface area contributed by atoms with Gasteiger partial charge in [0.25, 0.3) is 0 Å². The molecule has 0 aromatic heterocycles. The van der Waals surface area contributed by atoms with E-state index in [2.05, 4.69) is 56.3 Å². The largest absolute Gasteiger partial charge is 0.0654 e. The lowest BCUT2D eigenvalue weighted by atomic mass is 9.92. The van der Waals surface area contributed by atoms with Crippen LogP contribution >= 0.6 is 0 Å². The quantitative estimate of drug-likeness (QED) is 0.532. The second-order valence-electron chi connectivity index (χ2n) is 5.80. The molecule has 19 heavy (non-hydrogen) atoms. The smallest absolute Gasteiger partial charge is 0.0152 e. The van der Waals surface area contributed by atoms with Gasteiger partial charge >= 0.3 is 0 Å². The zero-order valence-corrected chi connectivity index (χ0v) is 12.4. The molecule has 0 bridgehead atoms. The van der Waals surface area contributed by atoms with Crippen molar-refractivity contribution in [3.05, 3.63) is 48.0 Å². The average molecular weight is 254 g/mol. The molecular weight excluding hydrogens is 228 g/mol. The van der Waals surface area contributed by atoms with Crippen LogP contribution in [0.1, 0.15) is 51.5 Å². The van der Waals surface area contributed by atoms with Gasteiger partial charge in [-0.15, -0.1) is 0 Å². The highest BCUT2D eigenvalue weighted by Gasteiger charge is 2.06. The molecule has 1 atom stereocenters. The van der Waals surface area contributed by atoms with Gasteiger partial charge in [0.2, 0.25) is 0 Å². The lowest BCUT2D eigenvalue weighted by Crippen LogP contribution is -2.00. The van der Waals surface area contributed by atoms with Crippen LogP contribution in [0.2, 0.25) is 0 Å². The zero-order valence-electron chi connectivity index (χ0n) is 12.4. The Morgan fingerprint density at radius 1 is 0.895 bits per heavy atom. The highest BCUT2D eigenvalue weighted by molar-refractivity contribution is 5.85. The molecular formula is C19H26. The zero-order chi connectivity index (χ0) is 13.5. The van der Waals surface area contributed by atoms with Crippen LogP contribution in [0.15, 0.2) is 42.5 Å². The Kier molecular flexibility index (Phi) is 5.44. The monoisotopic (exact) mass is 254 g/mol. The Hall–Kier alpha value is -1.30. The van der Waals surface area contributed by atoms with Crippen LogP contribution < -0.4 is 0 Å². The molecule has 0 aliphatic carbocycles. The minimum Gasteiger partial charge on any atom is -0.0654 e. The summed E-state index contributed by atoms with van der Waals surface area (Å²) in [6, 6.07) is 15.5. The Morgan fingerprint density at radius 3 is 2.53 bits per heavy atom. The Labute approximate surface area is 117 Å². The lowest BCUT2D eigenvalue weighted by molar-refractivity contribution is 0.488. The molecule has 2 rings (SSSR count). The minimum absolute atomic E-state index is 0.794. The molecule has 0 aliphatic heterocycles. The summed E-state index contributed by atoms with van der Waals surface area (Å²) in [7, 11) is 0. The van der Waals surface area contributed by atoms with E-state index in [4.69, 9.17) is 0 Å². The topological polar surface area (TPSA) is 0 Å². The number of unbranched alkanes of at least 4 members (excludes halogenated alkanes) is 3. The van der Waals surface area contributed by atoms with Gasteiger partial charge in [-0.1, -0.05) is 88.4 Å². The van der Waals surface area contributed by atoms with Crippen molar-refractivity contribution in [3.8, 4) is 0 Å². The molecule has 2 aromatic rings. The van der Waals surface area contributed by atoms with E-state index in [9.17, 15) is 0 Å². The third kappa shape index (κ3) is 4.09. The fourth-order valence-corrected chi connectivity index (χ4v) is 2.87. The Bertz CT molecular complexity index is 493. The molecule has 0 radical (unpaired) electrons. The molecule has 0 saturated carbocycles. The van der Waals surface area contributed by atoms with Gasteiger partial charge in [0, 0.05) is 0 Å². The number of rotatable bonds is 7. The van der Waals surface area contributed by atoms with Crippen molar-refractivity contribution in [1.82, 2.24) is 0 Å². The predicted octanol–water partition coefficient (Wildman–Crippen LogP) is 5.99. The van der Waals surface area contributed by atoms with Crippen LogP contribution in [-0.2, 0) is 6.42 Å². The van der Waals surface area contributed by atoms with E-state index < -0.39 is 0 Å². The summed E-state index contributed by atoms with van der Waals surface area (Å²) in [4.78, 5) is 0. The molecule has 1 unspecified atom stereocenters. The summed E-state index contributed by atoms with van der Waals surface area (Å²) < 4.78 is 0. The molecule has 0 aliphatic rings. The van der Waals surface area contributed by atoms with Crippen molar-refractivity contribution >= 4 is 10.8 Å². The number of fused-ring (bicyclic) bond motifs is 1. The first kappa shape index (κ1) is 14.1. The molecule has 0 saturated heterocycles. The van der Waals surface area contributed by atoms with Crippen LogP contribution in [0.5, 0.6) is 0 Å². The predicted molar refractivity (Wildman–Crippen MR) is 85.6 cm³/mol. The van der Waals surface area contributed by atoms with Crippen LogP contribution in [0.25, 0.3) is 10.8 Å². The summed E-state index contributed by atoms with van der Waals surface area (Å²) in [6.07, 6.45) is 8.09. The van der Waals surface area contributed by atoms with Crippen LogP contribution in [-0.4, -0.2) is 0 Å². The molecule has 2 aromatic carbocycles. The first-order valence-electron chi connectivity index (χ1n) is 7.78. The van der Waals surface area contributed by atoms with Gasteiger partial charge in [-0.3, -0.25) is 0 Å². The van der Waals surface area contributed by atoms with E-state index in [0.717, 1.165) is 5.92 Å². The van der Waals surface area contributed by atoms with Gasteiger partial charge in [-0.2, -0.15) is 0 Å². The number of hydrogen-bond acceptors (Lipinski definition) is 0. The van der Waals surface area contributed by atoms with Crippen LogP contribution in [0.3, 0.4) is 0 Å². The van der Waals surface area contributed by atoms with E-state index in [-0.39, 0.29) is 0 Å². The maximum atomic E-state index is 2.40. The van der Waals surface area contributed by atoms with Gasteiger partial charge in [0.1, 0.15) is 0 Å². The van der Waals surface area contributed by atoms with E-state index >= 15 is 0 Å². The highest BCUT2D eigenvalue weighted by Crippen LogP contribution is 2.23. The summed E-state index contributed by atoms with van der Waals surface area (Å²) >= 11 is 0. The molecule has 0 fully saturated rings. The van der Waals surface area contributed by atoms with E-state index in [0.29, 0.717) is 0 Å². The third-order valence-electron chi connectivity index (χ3n) is 4.00. The van der Waals surface area contributed by atoms with E-state index in [1.807, 2.05) is 0 Å². The number of benzene rings is 2.